The van der Waals surface area contributed by atoms with Crippen molar-refractivity contribution in [3.8, 4) is 0 Å². The van der Waals surface area contributed by atoms with E-state index >= 15 is 0 Å². The molecule has 0 fully saturated rings. The highest BCUT2D eigenvalue weighted by Crippen LogP contribution is 2.51. The zero-order valence-corrected chi connectivity index (χ0v) is 12.2. The predicted octanol–water partition coefficient (Wildman–Crippen LogP) is 5.48. The molecule has 91 valence electrons. The fourth-order valence-electron chi connectivity index (χ4n) is 2.13. The maximum atomic E-state index is 2.43. The van der Waals surface area contributed by atoms with Crippen LogP contribution in [0.3, 0.4) is 0 Å². The molecule has 0 heterocycles. The van der Waals surface area contributed by atoms with E-state index in [0.717, 1.165) is 5.92 Å². The third-order valence-electron chi connectivity index (χ3n) is 5.08. The quantitative estimate of drug-likeness (QED) is 0.546. The van der Waals surface area contributed by atoms with Crippen LogP contribution in [0.15, 0.2) is 0 Å². The number of rotatable bonds is 6. The van der Waals surface area contributed by atoms with Gasteiger partial charge in [0.25, 0.3) is 0 Å². The minimum atomic E-state index is 0.333. The minimum absolute atomic E-state index is 0.333. The highest BCUT2D eigenvalue weighted by atomic mass is 14.5. The molecule has 0 heteroatoms. The van der Waals surface area contributed by atoms with Crippen molar-refractivity contribution >= 4 is 0 Å². The van der Waals surface area contributed by atoms with Crippen LogP contribution in [0.5, 0.6) is 0 Å². The van der Waals surface area contributed by atoms with Crippen molar-refractivity contribution in [2.24, 2.45) is 16.7 Å². The molecule has 1 radical (unpaired) electrons. The van der Waals surface area contributed by atoms with Gasteiger partial charge in [-0.05, 0) is 22.7 Å². The summed E-state index contributed by atoms with van der Waals surface area (Å²) in [6.07, 6.45) is 4.04. The van der Waals surface area contributed by atoms with Crippen LogP contribution in [-0.2, 0) is 0 Å². The second-order valence-corrected chi connectivity index (χ2v) is 6.39. The topological polar surface area (TPSA) is 0 Å². The van der Waals surface area contributed by atoms with E-state index in [4.69, 9.17) is 0 Å². The first-order valence-corrected chi connectivity index (χ1v) is 6.48. The van der Waals surface area contributed by atoms with Crippen molar-refractivity contribution in [2.45, 2.75) is 74.7 Å². The van der Waals surface area contributed by atoms with Crippen molar-refractivity contribution in [1.29, 1.82) is 0 Å². The Balaban J connectivity index is 4.64. The van der Waals surface area contributed by atoms with E-state index < -0.39 is 0 Å². The molecule has 1 atom stereocenters. The lowest BCUT2D eigenvalue weighted by molar-refractivity contribution is 0.0549. The van der Waals surface area contributed by atoms with Crippen LogP contribution in [0, 0.1) is 22.7 Å². The molecule has 0 saturated heterocycles. The molecule has 0 aliphatic carbocycles. The Kier molecular flexibility index (Phi) is 5.37. The summed E-state index contributed by atoms with van der Waals surface area (Å²) < 4.78 is 0. The molecular formula is C15H31. The normalized spacial score (nSPS) is 15.8. The lowest BCUT2D eigenvalue weighted by Gasteiger charge is -2.48. The highest BCUT2D eigenvalue weighted by molar-refractivity contribution is 5.04. The van der Waals surface area contributed by atoms with Crippen LogP contribution in [0.1, 0.15) is 74.7 Å². The van der Waals surface area contributed by atoms with E-state index in [1.54, 1.807) is 5.92 Å². The fourth-order valence-corrected chi connectivity index (χ4v) is 2.13. The summed E-state index contributed by atoms with van der Waals surface area (Å²) in [6, 6.07) is 0. The molecule has 0 aromatic heterocycles. The van der Waals surface area contributed by atoms with Crippen molar-refractivity contribution in [3.63, 3.8) is 0 Å². The Morgan fingerprint density at radius 1 is 1.07 bits per heavy atom. The Morgan fingerprint density at radius 3 is 1.87 bits per heavy atom. The first-order chi connectivity index (χ1) is 6.67. The smallest absolute Gasteiger partial charge is 0.0241 e. The Labute approximate surface area is 97.8 Å². The number of hydrogen-bond donors (Lipinski definition) is 0. The van der Waals surface area contributed by atoms with E-state index in [1.807, 2.05) is 0 Å². The minimum Gasteiger partial charge on any atom is -0.0654 e. The van der Waals surface area contributed by atoms with Crippen molar-refractivity contribution < 1.29 is 0 Å². The first kappa shape index (κ1) is 15.0. The first-order valence-electron chi connectivity index (χ1n) is 6.48. The van der Waals surface area contributed by atoms with E-state index in [2.05, 4.69) is 55.4 Å². The standard InChI is InChI=1S/C15H31/c1-9-10-11-13(4)15(7,8)14(5,6)12(2)3/h13H,9-11H2,1-8H3. The Bertz CT molecular complexity index is 174. The maximum Gasteiger partial charge on any atom is -0.0241 e. The van der Waals surface area contributed by atoms with Crippen molar-refractivity contribution in [3.05, 3.63) is 5.92 Å². The summed E-state index contributed by atoms with van der Waals surface area (Å²) in [6.45, 7) is 18.9. The summed E-state index contributed by atoms with van der Waals surface area (Å²) in [5, 5.41) is 0. The number of unbranched alkanes of at least 4 members (excludes halogenated alkanes) is 1. The van der Waals surface area contributed by atoms with E-state index in [-0.39, 0.29) is 0 Å². The number of hydrogen-bond acceptors (Lipinski definition) is 0. The summed E-state index contributed by atoms with van der Waals surface area (Å²) in [4.78, 5) is 0. The van der Waals surface area contributed by atoms with Crippen LogP contribution < -0.4 is 0 Å². The maximum absolute atomic E-state index is 2.43. The van der Waals surface area contributed by atoms with Gasteiger partial charge in [-0.2, -0.15) is 0 Å². The van der Waals surface area contributed by atoms with Crippen molar-refractivity contribution in [1.82, 2.24) is 0 Å². The molecule has 0 saturated carbocycles. The summed E-state index contributed by atoms with van der Waals surface area (Å²) in [5.74, 6) is 2.35. The molecule has 15 heavy (non-hydrogen) atoms. The summed E-state index contributed by atoms with van der Waals surface area (Å²) in [5.41, 5.74) is 0.723. The fraction of sp³-hybridized carbons (Fsp3) is 0.933. The van der Waals surface area contributed by atoms with Crippen LogP contribution in [0.4, 0.5) is 0 Å². The Hall–Kier alpha value is 0. The molecule has 0 spiro atoms. The molecule has 0 rings (SSSR count). The van der Waals surface area contributed by atoms with Crippen LogP contribution in [0.25, 0.3) is 0 Å². The van der Waals surface area contributed by atoms with Gasteiger partial charge >= 0.3 is 0 Å². The summed E-state index contributed by atoms with van der Waals surface area (Å²) in [7, 11) is 0. The zero-order chi connectivity index (χ0) is 12.3. The highest BCUT2D eigenvalue weighted by Gasteiger charge is 2.42. The molecule has 0 amide bonds. The average Bonchev–Trinajstić information content (AvgIpc) is 2.13. The van der Waals surface area contributed by atoms with E-state index in [9.17, 15) is 0 Å². The van der Waals surface area contributed by atoms with Gasteiger partial charge in [0, 0.05) is 0 Å². The molecule has 0 bridgehead atoms. The lowest BCUT2D eigenvalue weighted by atomic mass is 9.56. The Morgan fingerprint density at radius 2 is 1.53 bits per heavy atom. The van der Waals surface area contributed by atoms with Crippen LogP contribution >= 0.6 is 0 Å². The largest absolute Gasteiger partial charge is 0.0654 e. The predicted molar refractivity (Wildman–Crippen MR) is 70.8 cm³/mol. The van der Waals surface area contributed by atoms with E-state index in [0.29, 0.717) is 10.8 Å². The van der Waals surface area contributed by atoms with Gasteiger partial charge in [0.05, 0.1) is 0 Å². The second kappa shape index (κ2) is 5.37. The van der Waals surface area contributed by atoms with Crippen LogP contribution in [0.2, 0.25) is 0 Å². The molecule has 0 aromatic carbocycles. The SMILES string of the molecule is CCCCC(C)C(C)(C)C(C)(C)[C](C)C. The van der Waals surface area contributed by atoms with Gasteiger partial charge in [0.15, 0.2) is 0 Å². The van der Waals surface area contributed by atoms with Gasteiger partial charge in [0.2, 0.25) is 0 Å². The summed E-state index contributed by atoms with van der Waals surface area (Å²) >= 11 is 0. The second-order valence-electron chi connectivity index (χ2n) is 6.39. The van der Waals surface area contributed by atoms with Crippen molar-refractivity contribution in [2.75, 3.05) is 0 Å². The van der Waals surface area contributed by atoms with Gasteiger partial charge in [-0.15, -0.1) is 0 Å². The average molecular weight is 211 g/mol. The molecule has 0 aromatic rings. The molecule has 0 aliphatic heterocycles. The van der Waals surface area contributed by atoms with Gasteiger partial charge in [-0.3, -0.25) is 0 Å². The van der Waals surface area contributed by atoms with Gasteiger partial charge in [0.1, 0.15) is 0 Å². The molecule has 0 aliphatic rings. The van der Waals surface area contributed by atoms with Crippen LogP contribution in [-0.4, -0.2) is 0 Å². The molecule has 0 nitrogen and oxygen atoms in total. The molecule has 0 N–H and O–H groups in total. The third kappa shape index (κ3) is 3.23. The lowest BCUT2D eigenvalue weighted by Crippen LogP contribution is -2.40. The van der Waals surface area contributed by atoms with Gasteiger partial charge < -0.3 is 0 Å². The third-order valence-corrected chi connectivity index (χ3v) is 5.08. The van der Waals surface area contributed by atoms with Gasteiger partial charge in [-0.1, -0.05) is 74.7 Å². The van der Waals surface area contributed by atoms with Gasteiger partial charge in [-0.25, -0.2) is 0 Å². The monoisotopic (exact) mass is 211 g/mol. The van der Waals surface area contributed by atoms with E-state index in [1.165, 1.54) is 19.3 Å². The molecular weight excluding hydrogens is 180 g/mol. The zero-order valence-electron chi connectivity index (χ0n) is 12.2. The molecule has 1 unspecified atom stereocenters.